The van der Waals surface area contributed by atoms with Gasteiger partial charge in [0.2, 0.25) is 5.91 Å². The van der Waals surface area contributed by atoms with Crippen LogP contribution >= 0.6 is 11.3 Å². The standard InChI is InChI=1S/C22H21N5O3S2/c1-14-18-11-17(12-23-21(18)26(2)25-14)24-22(28)19-10-15-6-3-4-7-16(15)13-27(19)32(29,30)20-8-5-9-31-20/h3-9,11-12,19H,10,13H2,1-2H3,(H,24,28)/t19-/m0/s1. The lowest BCUT2D eigenvalue weighted by molar-refractivity contribution is -0.120. The minimum atomic E-state index is -3.82. The molecule has 1 aliphatic rings. The van der Waals surface area contributed by atoms with E-state index in [9.17, 15) is 13.2 Å². The number of anilines is 1. The van der Waals surface area contributed by atoms with Crippen molar-refractivity contribution in [3.8, 4) is 0 Å². The summed E-state index contributed by atoms with van der Waals surface area (Å²) in [7, 11) is -2.01. The zero-order valence-corrected chi connectivity index (χ0v) is 19.2. The van der Waals surface area contributed by atoms with Crippen molar-refractivity contribution < 1.29 is 13.2 Å². The maximum atomic E-state index is 13.4. The molecule has 1 amide bonds. The van der Waals surface area contributed by atoms with Gasteiger partial charge in [0.05, 0.1) is 17.6 Å². The Balaban J connectivity index is 1.50. The van der Waals surface area contributed by atoms with Gasteiger partial charge >= 0.3 is 0 Å². The Bertz CT molecular complexity index is 1430. The summed E-state index contributed by atoms with van der Waals surface area (Å²) in [6, 6.07) is 11.8. The Morgan fingerprint density at radius 2 is 1.97 bits per heavy atom. The number of aromatic nitrogens is 3. The van der Waals surface area contributed by atoms with Gasteiger partial charge in [-0.2, -0.15) is 9.40 Å². The Morgan fingerprint density at radius 3 is 2.72 bits per heavy atom. The molecule has 1 aliphatic heterocycles. The molecule has 8 nitrogen and oxygen atoms in total. The first-order valence-electron chi connectivity index (χ1n) is 10.1. The molecular formula is C22H21N5O3S2. The van der Waals surface area contributed by atoms with Crippen LogP contribution in [0.15, 0.2) is 58.3 Å². The molecule has 5 rings (SSSR count). The van der Waals surface area contributed by atoms with E-state index in [2.05, 4.69) is 15.4 Å². The van der Waals surface area contributed by atoms with Gasteiger partial charge in [-0.15, -0.1) is 11.3 Å². The quantitative estimate of drug-likeness (QED) is 0.497. The van der Waals surface area contributed by atoms with Gasteiger partial charge in [0.15, 0.2) is 5.65 Å². The number of nitrogens with zero attached hydrogens (tertiary/aromatic N) is 4. The average molecular weight is 468 g/mol. The van der Waals surface area contributed by atoms with E-state index in [1.165, 1.54) is 4.31 Å². The monoisotopic (exact) mass is 467 g/mol. The molecule has 0 spiro atoms. The van der Waals surface area contributed by atoms with Crippen LogP contribution in [0.5, 0.6) is 0 Å². The first kappa shape index (κ1) is 20.8. The summed E-state index contributed by atoms with van der Waals surface area (Å²) < 4.78 is 30.0. The fourth-order valence-electron chi connectivity index (χ4n) is 4.10. The largest absolute Gasteiger partial charge is 0.323 e. The second-order valence-corrected chi connectivity index (χ2v) is 10.8. The van der Waals surface area contributed by atoms with Crippen LogP contribution in [0, 0.1) is 6.92 Å². The summed E-state index contributed by atoms with van der Waals surface area (Å²) in [5, 5.41) is 9.79. The molecule has 0 saturated heterocycles. The minimum absolute atomic E-state index is 0.146. The van der Waals surface area contributed by atoms with E-state index in [0.29, 0.717) is 17.8 Å². The normalized spacial score (nSPS) is 16.8. The number of amides is 1. The molecule has 1 aromatic carbocycles. The fraction of sp³-hybridized carbons (Fsp3) is 0.227. The molecule has 0 saturated carbocycles. The van der Waals surface area contributed by atoms with Crippen molar-refractivity contribution >= 4 is 44.0 Å². The third-order valence-electron chi connectivity index (χ3n) is 5.70. The number of nitrogens with one attached hydrogen (secondary N) is 1. The predicted molar refractivity (Wildman–Crippen MR) is 123 cm³/mol. The van der Waals surface area contributed by atoms with Crippen molar-refractivity contribution in [2.75, 3.05) is 5.32 Å². The first-order chi connectivity index (χ1) is 15.3. The number of thiophene rings is 1. The Labute approximate surface area is 189 Å². The highest BCUT2D eigenvalue weighted by atomic mass is 32.2. The molecule has 0 radical (unpaired) electrons. The van der Waals surface area contributed by atoms with Crippen LogP contribution in [0.3, 0.4) is 0 Å². The maximum Gasteiger partial charge on any atom is 0.253 e. The van der Waals surface area contributed by atoms with Crippen molar-refractivity contribution in [3.05, 3.63) is 70.9 Å². The molecule has 4 aromatic rings. The van der Waals surface area contributed by atoms with Gasteiger partial charge in [-0.25, -0.2) is 13.4 Å². The van der Waals surface area contributed by atoms with E-state index in [1.54, 1.807) is 28.4 Å². The second-order valence-electron chi connectivity index (χ2n) is 7.76. The van der Waals surface area contributed by atoms with E-state index < -0.39 is 16.1 Å². The predicted octanol–water partition coefficient (Wildman–Crippen LogP) is 3.09. The summed E-state index contributed by atoms with van der Waals surface area (Å²) in [5.41, 5.74) is 3.91. The Morgan fingerprint density at radius 1 is 1.19 bits per heavy atom. The number of carbonyl (C=O) groups is 1. The van der Waals surface area contributed by atoms with E-state index in [4.69, 9.17) is 0 Å². The van der Waals surface area contributed by atoms with Crippen LogP contribution in [-0.4, -0.2) is 39.4 Å². The lowest BCUT2D eigenvalue weighted by atomic mass is 9.95. The number of rotatable bonds is 4. The lowest BCUT2D eigenvalue weighted by Gasteiger charge is -2.34. The smallest absolute Gasteiger partial charge is 0.253 e. The van der Waals surface area contributed by atoms with Crippen LogP contribution in [0.1, 0.15) is 16.8 Å². The van der Waals surface area contributed by atoms with Crippen molar-refractivity contribution in [3.63, 3.8) is 0 Å². The first-order valence-corrected chi connectivity index (χ1v) is 12.4. The van der Waals surface area contributed by atoms with E-state index >= 15 is 0 Å². The number of hydrogen-bond donors (Lipinski definition) is 1. The van der Waals surface area contributed by atoms with Crippen molar-refractivity contribution in [2.45, 2.75) is 30.1 Å². The molecule has 0 unspecified atom stereocenters. The number of sulfonamides is 1. The van der Waals surface area contributed by atoms with Crippen LogP contribution < -0.4 is 5.32 Å². The number of benzene rings is 1. The number of fused-ring (bicyclic) bond motifs is 2. The van der Waals surface area contributed by atoms with Gasteiger partial charge in [0, 0.05) is 19.0 Å². The Hall–Kier alpha value is -3.08. The zero-order valence-electron chi connectivity index (χ0n) is 17.5. The second kappa shape index (κ2) is 7.80. The summed E-state index contributed by atoms with van der Waals surface area (Å²) in [6.07, 6.45) is 1.87. The van der Waals surface area contributed by atoms with Crippen LogP contribution in [-0.2, 0) is 34.8 Å². The highest BCUT2D eigenvalue weighted by Crippen LogP contribution is 2.31. The van der Waals surface area contributed by atoms with Gasteiger partial charge in [0.1, 0.15) is 10.3 Å². The number of hydrogen-bond acceptors (Lipinski definition) is 6. The molecule has 0 bridgehead atoms. The molecule has 0 fully saturated rings. The van der Waals surface area contributed by atoms with E-state index in [1.807, 2.05) is 44.3 Å². The van der Waals surface area contributed by atoms with Crippen LogP contribution in [0.4, 0.5) is 5.69 Å². The summed E-state index contributed by atoms with van der Waals surface area (Å²) in [6.45, 7) is 2.02. The summed E-state index contributed by atoms with van der Waals surface area (Å²) in [4.78, 5) is 17.8. The molecule has 164 valence electrons. The minimum Gasteiger partial charge on any atom is -0.323 e. The summed E-state index contributed by atoms with van der Waals surface area (Å²) in [5.74, 6) is -0.387. The molecule has 3 aromatic heterocycles. The summed E-state index contributed by atoms with van der Waals surface area (Å²) >= 11 is 1.15. The molecule has 10 heteroatoms. The molecule has 32 heavy (non-hydrogen) atoms. The number of carbonyl (C=O) groups excluding carboxylic acids is 1. The maximum absolute atomic E-state index is 13.4. The highest BCUT2D eigenvalue weighted by Gasteiger charge is 2.40. The van der Waals surface area contributed by atoms with E-state index in [-0.39, 0.29) is 16.7 Å². The number of aryl methyl sites for hydroxylation is 2. The Kier molecular flexibility index (Phi) is 5.07. The highest BCUT2D eigenvalue weighted by molar-refractivity contribution is 7.91. The zero-order chi connectivity index (χ0) is 22.5. The fourth-order valence-corrected chi connectivity index (χ4v) is 6.79. The van der Waals surface area contributed by atoms with Gasteiger partial charge in [0.25, 0.3) is 10.0 Å². The SMILES string of the molecule is Cc1nn(C)c2ncc(NC(=O)[C@@H]3Cc4ccccc4CN3S(=O)(=O)c3cccs3)cc12. The number of pyridine rings is 1. The van der Waals surface area contributed by atoms with Crippen LogP contribution in [0.2, 0.25) is 0 Å². The van der Waals surface area contributed by atoms with Gasteiger partial charge in [-0.1, -0.05) is 30.3 Å². The topological polar surface area (TPSA) is 97.2 Å². The molecule has 4 heterocycles. The van der Waals surface area contributed by atoms with Crippen molar-refractivity contribution in [2.24, 2.45) is 7.05 Å². The van der Waals surface area contributed by atoms with Crippen LogP contribution in [0.25, 0.3) is 11.0 Å². The van der Waals surface area contributed by atoms with Crippen molar-refractivity contribution in [1.82, 2.24) is 19.1 Å². The molecule has 1 atom stereocenters. The lowest BCUT2D eigenvalue weighted by Crippen LogP contribution is -2.50. The van der Waals surface area contributed by atoms with Crippen molar-refractivity contribution in [1.29, 1.82) is 0 Å². The average Bonchev–Trinajstić information content (AvgIpc) is 3.42. The molecule has 0 aliphatic carbocycles. The molecule has 1 N–H and O–H groups in total. The van der Waals surface area contributed by atoms with Gasteiger partial charge in [-0.3, -0.25) is 9.48 Å². The van der Waals surface area contributed by atoms with Gasteiger partial charge < -0.3 is 5.32 Å². The third kappa shape index (κ3) is 3.50. The van der Waals surface area contributed by atoms with Gasteiger partial charge in [-0.05, 0) is 42.0 Å². The molecular weight excluding hydrogens is 446 g/mol. The third-order valence-corrected chi connectivity index (χ3v) is 8.92. The van der Waals surface area contributed by atoms with E-state index in [0.717, 1.165) is 33.5 Å².